The van der Waals surface area contributed by atoms with Crippen LogP contribution in [0.1, 0.15) is 39.1 Å². The fraction of sp³-hybridized carbons (Fsp3) is 0.304. The highest BCUT2D eigenvalue weighted by atomic mass is 35.5. The van der Waals surface area contributed by atoms with E-state index in [0.29, 0.717) is 17.1 Å². The topological polar surface area (TPSA) is 108 Å². The number of piperidine rings is 1. The van der Waals surface area contributed by atoms with E-state index in [1.807, 2.05) is 37.2 Å². The zero-order valence-corrected chi connectivity index (χ0v) is 19.3. The molecule has 1 saturated heterocycles. The van der Waals surface area contributed by atoms with Gasteiger partial charge in [-0.3, -0.25) is 29.4 Å². The molecule has 2 aromatic rings. The van der Waals surface area contributed by atoms with E-state index in [1.54, 1.807) is 25.3 Å². The van der Waals surface area contributed by atoms with Crippen molar-refractivity contribution in [2.75, 3.05) is 26.5 Å². The smallest absolute Gasteiger partial charge is 0.264 e. The standard InChI is InChI=1S/C23H24N4O5.ClH/c1-26(2)12-13-7-8-15(18(11-13)32-3)24-16-6-4-5-14-20(16)23(31)27(22(14)30)17-9-10-19(28)25-21(17)29;/h4-8,11,17,24H,9-10,12H2,1-3H3,(H,25,28,29);1H. The first-order chi connectivity index (χ1) is 15.3. The molecule has 2 aromatic carbocycles. The van der Waals surface area contributed by atoms with Gasteiger partial charge in [-0.2, -0.15) is 0 Å². The summed E-state index contributed by atoms with van der Waals surface area (Å²) in [5, 5.41) is 5.41. The largest absolute Gasteiger partial charge is 0.495 e. The Morgan fingerprint density at radius 2 is 1.85 bits per heavy atom. The average Bonchev–Trinajstić information content (AvgIpc) is 3.00. The van der Waals surface area contributed by atoms with Crippen LogP contribution in [0.4, 0.5) is 11.4 Å². The van der Waals surface area contributed by atoms with Crippen molar-refractivity contribution in [3.63, 3.8) is 0 Å². The maximum absolute atomic E-state index is 13.2. The summed E-state index contributed by atoms with van der Waals surface area (Å²) < 4.78 is 5.52. The van der Waals surface area contributed by atoms with Crippen molar-refractivity contribution in [1.82, 2.24) is 15.1 Å². The van der Waals surface area contributed by atoms with Crippen molar-refractivity contribution < 1.29 is 23.9 Å². The number of ether oxygens (including phenoxy) is 1. The van der Waals surface area contributed by atoms with E-state index in [1.165, 1.54) is 0 Å². The van der Waals surface area contributed by atoms with Gasteiger partial charge in [0, 0.05) is 13.0 Å². The number of imide groups is 2. The predicted molar refractivity (Wildman–Crippen MR) is 124 cm³/mol. The molecule has 0 spiro atoms. The first-order valence-corrected chi connectivity index (χ1v) is 10.2. The highest BCUT2D eigenvalue weighted by Crippen LogP contribution is 2.36. The molecule has 9 nitrogen and oxygen atoms in total. The second kappa shape index (κ2) is 9.60. The minimum atomic E-state index is -1.01. The third-order valence-electron chi connectivity index (χ3n) is 5.50. The molecule has 2 N–H and O–H groups in total. The van der Waals surface area contributed by atoms with E-state index in [9.17, 15) is 19.2 Å². The van der Waals surface area contributed by atoms with Crippen LogP contribution in [0.3, 0.4) is 0 Å². The molecule has 0 bridgehead atoms. The Bertz CT molecular complexity index is 1130. The zero-order chi connectivity index (χ0) is 23.0. The van der Waals surface area contributed by atoms with Crippen LogP contribution in [0.25, 0.3) is 0 Å². The highest BCUT2D eigenvalue weighted by molar-refractivity contribution is 6.25. The van der Waals surface area contributed by atoms with Crippen molar-refractivity contribution in [1.29, 1.82) is 0 Å². The molecule has 2 aliphatic rings. The summed E-state index contributed by atoms with van der Waals surface area (Å²) in [6.07, 6.45) is 0.186. The Morgan fingerprint density at radius 3 is 2.52 bits per heavy atom. The molecule has 33 heavy (non-hydrogen) atoms. The van der Waals surface area contributed by atoms with Gasteiger partial charge in [0.1, 0.15) is 11.8 Å². The molecule has 1 unspecified atom stereocenters. The summed E-state index contributed by atoms with van der Waals surface area (Å²) in [5.74, 6) is -1.55. The van der Waals surface area contributed by atoms with E-state index in [4.69, 9.17) is 4.74 Å². The fourth-order valence-electron chi connectivity index (χ4n) is 4.07. The number of benzene rings is 2. The van der Waals surface area contributed by atoms with Crippen molar-refractivity contribution in [2.45, 2.75) is 25.4 Å². The lowest BCUT2D eigenvalue weighted by atomic mass is 10.0. The third-order valence-corrected chi connectivity index (χ3v) is 5.50. The molecule has 0 saturated carbocycles. The number of amides is 4. The molecule has 174 valence electrons. The van der Waals surface area contributed by atoms with Gasteiger partial charge < -0.3 is 15.0 Å². The third kappa shape index (κ3) is 4.55. The molecule has 4 amide bonds. The molecule has 0 radical (unpaired) electrons. The number of fused-ring (bicyclic) bond motifs is 1. The number of halogens is 1. The number of rotatable bonds is 6. The van der Waals surface area contributed by atoms with Gasteiger partial charge in [-0.25, -0.2) is 0 Å². The van der Waals surface area contributed by atoms with Crippen LogP contribution < -0.4 is 15.4 Å². The molecule has 0 aromatic heterocycles. The Hall–Kier alpha value is -3.43. The summed E-state index contributed by atoms with van der Waals surface area (Å²) in [7, 11) is 5.51. The summed E-state index contributed by atoms with van der Waals surface area (Å²) in [4.78, 5) is 53.0. The van der Waals surface area contributed by atoms with Gasteiger partial charge in [0.05, 0.1) is 29.6 Å². The first kappa shape index (κ1) is 24.2. The number of hydrogen-bond acceptors (Lipinski definition) is 7. The summed E-state index contributed by atoms with van der Waals surface area (Å²) in [6, 6.07) is 9.65. The molecule has 2 heterocycles. The number of carbonyl (C=O) groups is 4. The molecule has 0 aliphatic carbocycles. The predicted octanol–water partition coefficient (Wildman–Crippen LogP) is 2.32. The van der Waals surface area contributed by atoms with Crippen LogP contribution in [-0.4, -0.2) is 60.7 Å². The second-order valence-corrected chi connectivity index (χ2v) is 8.07. The quantitative estimate of drug-likeness (QED) is 0.621. The maximum Gasteiger partial charge on any atom is 0.264 e. The van der Waals surface area contributed by atoms with Crippen molar-refractivity contribution in [3.05, 3.63) is 53.1 Å². The Morgan fingerprint density at radius 1 is 1.09 bits per heavy atom. The fourth-order valence-corrected chi connectivity index (χ4v) is 4.07. The average molecular weight is 473 g/mol. The maximum atomic E-state index is 13.2. The summed E-state index contributed by atoms with van der Waals surface area (Å²) in [5.41, 5.74) is 2.55. The van der Waals surface area contributed by atoms with Crippen LogP contribution in [0.15, 0.2) is 36.4 Å². The Balaban J connectivity index is 0.00000306. The number of nitrogens with zero attached hydrogens (tertiary/aromatic N) is 2. The van der Waals surface area contributed by atoms with Gasteiger partial charge in [-0.15, -0.1) is 12.4 Å². The minimum Gasteiger partial charge on any atom is -0.495 e. The molecule has 10 heteroatoms. The highest BCUT2D eigenvalue weighted by Gasteiger charge is 2.45. The second-order valence-electron chi connectivity index (χ2n) is 8.07. The molecule has 4 rings (SSSR count). The van der Waals surface area contributed by atoms with Gasteiger partial charge in [0.2, 0.25) is 11.8 Å². The Kier molecular flexibility index (Phi) is 7.04. The van der Waals surface area contributed by atoms with Crippen LogP contribution in [-0.2, 0) is 16.1 Å². The van der Waals surface area contributed by atoms with Crippen LogP contribution in [0.2, 0.25) is 0 Å². The minimum absolute atomic E-state index is 0. The van der Waals surface area contributed by atoms with Crippen LogP contribution in [0.5, 0.6) is 5.75 Å². The Labute approximate surface area is 197 Å². The van der Waals surface area contributed by atoms with E-state index >= 15 is 0 Å². The van der Waals surface area contributed by atoms with Gasteiger partial charge in [-0.05, 0) is 50.3 Å². The lowest BCUT2D eigenvalue weighted by molar-refractivity contribution is -0.136. The van der Waals surface area contributed by atoms with Crippen molar-refractivity contribution in [3.8, 4) is 5.75 Å². The number of methoxy groups -OCH3 is 1. The SMILES string of the molecule is COc1cc(CN(C)C)ccc1Nc1cccc2c1C(=O)N(C1CCC(=O)NC1=O)C2=O.Cl. The lowest BCUT2D eigenvalue weighted by Crippen LogP contribution is -2.54. The lowest BCUT2D eigenvalue weighted by Gasteiger charge is -2.27. The van der Waals surface area contributed by atoms with Gasteiger partial charge >= 0.3 is 0 Å². The number of nitrogens with one attached hydrogen (secondary N) is 2. The van der Waals surface area contributed by atoms with Crippen molar-refractivity contribution >= 4 is 47.4 Å². The normalized spacial score (nSPS) is 17.6. The zero-order valence-electron chi connectivity index (χ0n) is 18.5. The van der Waals surface area contributed by atoms with Crippen LogP contribution >= 0.6 is 12.4 Å². The first-order valence-electron chi connectivity index (χ1n) is 10.2. The van der Waals surface area contributed by atoms with Crippen LogP contribution in [0, 0.1) is 0 Å². The number of anilines is 2. The van der Waals surface area contributed by atoms with E-state index in [2.05, 4.69) is 10.6 Å². The monoisotopic (exact) mass is 472 g/mol. The van der Waals surface area contributed by atoms with Crippen molar-refractivity contribution in [2.24, 2.45) is 0 Å². The van der Waals surface area contributed by atoms with E-state index in [-0.39, 0.29) is 36.4 Å². The number of hydrogen-bond donors (Lipinski definition) is 2. The van der Waals surface area contributed by atoms with Gasteiger partial charge in [0.15, 0.2) is 0 Å². The molecule has 1 fully saturated rings. The van der Waals surface area contributed by atoms with Gasteiger partial charge in [0.25, 0.3) is 11.8 Å². The molecular weight excluding hydrogens is 448 g/mol. The number of carbonyl (C=O) groups excluding carboxylic acids is 4. The van der Waals surface area contributed by atoms with E-state index in [0.717, 1.165) is 17.0 Å². The summed E-state index contributed by atoms with van der Waals surface area (Å²) >= 11 is 0. The van der Waals surface area contributed by atoms with Gasteiger partial charge in [-0.1, -0.05) is 12.1 Å². The molecule has 2 aliphatic heterocycles. The molecular formula is C23H25ClN4O5. The van der Waals surface area contributed by atoms with E-state index < -0.39 is 29.7 Å². The molecule has 1 atom stereocenters. The summed E-state index contributed by atoms with van der Waals surface area (Å²) in [6.45, 7) is 0.741.